The van der Waals surface area contributed by atoms with E-state index in [-0.39, 0.29) is 24.3 Å². The summed E-state index contributed by atoms with van der Waals surface area (Å²) in [5.74, 6) is 0.733. The van der Waals surface area contributed by atoms with Gasteiger partial charge in [0, 0.05) is 29.1 Å². The standard InChI is InChI=1S/C28H25ClN4O4S/c1-36-20-12-13-24(37-2)21(14-20)22-15-23(17-8-10-18(29)11-9-17)33(32-22)28-31-27(35)25(38-28)16-26(34)30-19-6-4-3-5-7-19/h3-14,23,25H,15-16H2,1-2H3,(H,30,34)/t23-,25-/m1/s1. The van der Waals surface area contributed by atoms with Crippen LogP contribution in [0.1, 0.15) is 30.0 Å². The molecule has 10 heteroatoms. The minimum atomic E-state index is -0.634. The van der Waals surface area contributed by atoms with Gasteiger partial charge in [-0.1, -0.05) is 53.7 Å². The number of hydrazone groups is 1. The molecular formula is C28H25ClN4O4S. The van der Waals surface area contributed by atoms with Crippen LogP contribution < -0.4 is 14.8 Å². The highest BCUT2D eigenvalue weighted by molar-refractivity contribution is 8.15. The molecule has 0 radical (unpaired) electrons. The van der Waals surface area contributed by atoms with Crippen molar-refractivity contribution in [3.8, 4) is 11.5 Å². The van der Waals surface area contributed by atoms with Gasteiger partial charge in [-0.15, -0.1) is 0 Å². The average molecular weight is 549 g/mol. The van der Waals surface area contributed by atoms with Gasteiger partial charge in [-0.2, -0.15) is 10.1 Å². The topological polar surface area (TPSA) is 92.6 Å². The molecule has 3 aromatic carbocycles. The molecule has 38 heavy (non-hydrogen) atoms. The number of aliphatic imine (C=N–C) groups is 1. The van der Waals surface area contributed by atoms with Crippen molar-refractivity contribution in [3.05, 3.63) is 88.9 Å². The molecule has 0 saturated heterocycles. The number of anilines is 1. The largest absolute Gasteiger partial charge is 0.497 e. The minimum Gasteiger partial charge on any atom is -0.497 e. The number of halogens is 1. The van der Waals surface area contributed by atoms with Crippen LogP contribution in [0.5, 0.6) is 11.5 Å². The van der Waals surface area contributed by atoms with Crippen LogP contribution in [0.2, 0.25) is 5.02 Å². The van der Waals surface area contributed by atoms with Gasteiger partial charge in [-0.05, 0) is 48.0 Å². The zero-order valence-corrected chi connectivity index (χ0v) is 22.3. The lowest BCUT2D eigenvalue weighted by molar-refractivity contribution is -0.121. The molecular weight excluding hydrogens is 524 g/mol. The Morgan fingerprint density at radius 3 is 2.55 bits per heavy atom. The fraction of sp³-hybridized carbons (Fsp3) is 0.214. The molecule has 2 aliphatic heterocycles. The second-order valence-corrected chi connectivity index (χ2v) is 10.3. The van der Waals surface area contributed by atoms with Crippen molar-refractivity contribution in [1.29, 1.82) is 0 Å². The van der Waals surface area contributed by atoms with Crippen molar-refractivity contribution in [2.24, 2.45) is 10.1 Å². The maximum atomic E-state index is 12.8. The third-order valence-corrected chi connectivity index (χ3v) is 7.63. The smallest absolute Gasteiger partial charge is 0.262 e. The van der Waals surface area contributed by atoms with E-state index < -0.39 is 5.25 Å². The summed E-state index contributed by atoms with van der Waals surface area (Å²) in [6, 6.07) is 22.0. The van der Waals surface area contributed by atoms with Crippen molar-refractivity contribution in [2.45, 2.75) is 24.1 Å². The number of amidine groups is 1. The van der Waals surface area contributed by atoms with Crippen LogP contribution in [-0.2, 0) is 9.59 Å². The van der Waals surface area contributed by atoms with E-state index in [9.17, 15) is 9.59 Å². The Labute approximate surface area is 229 Å². The first kappa shape index (κ1) is 25.8. The number of nitrogens with zero attached hydrogens (tertiary/aromatic N) is 3. The van der Waals surface area contributed by atoms with Crippen molar-refractivity contribution in [3.63, 3.8) is 0 Å². The number of hydrogen-bond donors (Lipinski definition) is 1. The first-order valence-electron chi connectivity index (χ1n) is 11.9. The Balaban J connectivity index is 1.41. The number of methoxy groups -OCH3 is 2. The normalized spacial score (nSPS) is 18.7. The molecule has 0 fully saturated rings. The Kier molecular flexibility index (Phi) is 7.67. The van der Waals surface area contributed by atoms with Crippen LogP contribution in [0, 0.1) is 0 Å². The van der Waals surface area contributed by atoms with Crippen molar-refractivity contribution in [2.75, 3.05) is 19.5 Å². The summed E-state index contributed by atoms with van der Waals surface area (Å²) in [6.45, 7) is 0. The van der Waals surface area contributed by atoms with E-state index >= 15 is 0 Å². The summed E-state index contributed by atoms with van der Waals surface area (Å²) in [5.41, 5.74) is 3.21. The SMILES string of the molecule is COc1ccc(OC)c(C2=NN(C3=NC(=O)[C@@H](CC(=O)Nc4ccccc4)S3)[C@@H](c3ccc(Cl)cc3)C2)c1. The molecule has 3 aromatic rings. The first-order chi connectivity index (χ1) is 18.4. The predicted molar refractivity (Wildman–Crippen MR) is 150 cm³/mol. The number of thioether (sulfide) groups is 1. The van der Waals surface area contributed by atoms with E-state index in [1.165, 1.54) is 11.8 Å². The number of rotatable bonds is 7. The molecule has 8 nitrogen and oxygen atoms in total. The van der Waals surface area contributed by atoms with Crippen molar-refractivity contribution < 1.29 is 19.1 Å². The fourth-order valence-electron chi connectivity index (χ4n) is 4.34. The molecule has 2 atom stereocenters. The van der Waals surface area contributed by atoms with Crippen LogP contribution >= 0.6 is 23.4 Å². The van der Waals surface area contributed by atoms with E-state index in [1.807, 2.05) is 60.7 Å². The van der Waals surface area contributed by atoms with Gasteiger partial charge >= 0.3 is 0 Å². The minimum absolute atomic E-state index is 0.00508. The van der Waals surface area contributed by atoms with Crippen LogP contribution in [0.3, 0.4) is 0 Å². The number of nitrogens with one attached hydrogen (secondary N) is 1. The van der Waals surface area contributed by atoms with Crippen LogP contribution in [0.25, 0.3) is 0 Å². The number of amides is 2. The van der Waals surface area contributed by atoms with Crippen molar-refractivity contribution in [1.82, 2.24) is 5.01 Å². The van der Waals surface area contributed by atoms with Gasteiger partial charge in [-0.25, -0.2) is 5.01 Å². The van der Waals surface area contributed by atoms with E-state index in [0.29, 0.717) is 33.8 Å². The summed E-state index contributed by atoms with van der Waals surface area (Å²) in [7, 11) is 3.21. The lowest BCUT2D eigenvalue weighted by Crippen LogP contribution is -2.25. The van der Waals surface area contributed by atoms with E-state index in [2.05, 4.69) is 10.3 Å². The zero-order chi connectivity index (χ0) is 26.6. The molecule has 2 aliphatic rings. The van der Waals surface area contributed by atoms with Gasteiger partial charge in [0.05, 0.1) is 26.0 Å². The molecule has 0 aromatic heterocycles. The number of carbonyl (C=O) groups excluding carboxylic acids is 2. The quantitative estimate of drug-likeness (QED) is 0.417. The van der Waals surface area contributed by atoms with E-state index in [4.69, 9.17) is 26.2 Å². The third-order valence-electron chi connectivity index (χ3n) is 6.24. The maximum Gasteiger partial charge on any atom is 0.262 e. The molecule has 5 rings (SSSR count). The van der Waals surface area contributed by atoms with Crippen LogP contribution in [0.4, 0.5) is 5.69 Å². The van der Waals surface area contributed by atoms with Gasteiger partial charge in [0.15, 0.2) is 5.17 Å². The highest BCUT2D eigenvalue weighted by Gasteiger charge is 2.39. The Bertz CT molecular complexity index is 1410. The second kappa shape index (κ2) is 11.3. The van der Waals surface area contributed by atoms with E-state index in [1.54, 1.807) is 31.4 Å². The first-order valence-corrected chi connectivity index (χ1v) is 13.2. The average Bonchev–Trinajstić information content (AvgIpc) is 3.53. The Hall–Kier alpha value is -3.82. The van der Waals surface area contributed by atoms with Gasteiger partial charge in [-0.3, -0.25) is 9.59 Å². The number of benzene rings is 3. The maximum absolute atomic E-state index is 12.8. The molecule has 0 saturated carbocycles. The summed E-state index contributed by atoms with van der Waals surface area (Å²) in [5, 5.41) is 9.93. The van der Waals surface area contributed by atoms with Gasteiger partial charge in [0.25, 0.3) is 5.91 Å². The predicted octanol–water partition coefficient (Wildman–Crippen LogP) is 5.54. The van der Waals surface area contributed by atoms with Gasteiger partial charge in [0.2, 0.25) is 5.91 Å². The summed E-state index contributed by atoms with van der Waals surface area (Å²) in [6.07, 6.45) is 0.545. The molecule has 2 amide bonds. The number of para-hydroxylation sites is 1. The monoisotopic (exact) mass is 548 g/mol. The van der Waals surface area contributed by atoms with Gasteiger partial charge < -0.3 is 14.8 Å². The summed E-state index contributed by atoms with van der Waals surface area (Å²) in [4.78, 5) is 29.8. The molecule has 1 N–H and O–H groups in total. The molecule has 0 unspecified atom stereocenters. The molecule has 194 valence electrons. The highest BCUT2D eigenvalue weighted by Crippen LogP contribution is 2.40. The van der Waals surface area contributed by atoms with Crippen LogP contribution in [0.15, 0.2) is 82.9 Å². The third kappa shape index (κ3) is 5.54. The number of carbonyl (C=O) groups is 2. The van der Waals surface area contributed by atoms with Crippen LogP contribution in [-0.4, -0.2) is 47.2 Å². The summed E-state index contributed by atoms with van der Waals surface area (Å²) >= 11 is 7.39. The van der Waals surface area contributed by atoms with Crippen molar-refractivity contribution >= 4 is 51.7 Å². The van der Waals surface area contributed by atoms with Gasteiger partial charge in [0.1, 0.15) is 16.7 Å². The number of hydrogen-bond acceptors (Lipinski definition) is 7. The Morgan fingerprint density at radius 1 is 1.08 bits per heavy atom. The molecule has 2 heterocycles. The molecule has 0 spiro atoms. The Morgan fingerprint density at radius 2 is 1.84 bits per heavy atom. The number of ether oxygens (including phenoxy) is 2. The second-order valence-electron chi connectivity index (χ2n) is 8.69. The molecule has 0 aliphatic carbocycles. The zero-order valence-electron chi connectivity index (χ0n) is 20.8. The molecule has 0 bridgehead atoms. The summed E-state index contributed by atoms with van der Waals surface area (Å²) < 4.78 is 11.0. The lowest BCUT2D eigenvalue weighted by atomic mass is 9.98. The fourth-order valence-corrected chi connectivity index (χ4v) is 5.53. The highest BCUT2D eigenvalue weighted by atomic mass is 35.5. The lowest BCUT2D eigenvalue weighted by Gasteiger charge is -2.23. The van der Waals surface area contributed by atoms with E-state index in [0.717, 1.165) is 16.8 Å².